The average Bonchev–Trinajstić information content (AvgIpc) is 2.48. The Bertz CT molecular complexity index is 612. The second kappa shape index (κ2) is 6.53. The third-order valence-electron chi connectivity index (χ3n) is 3.08. The topological polar surface area (TPSA) is 52.9 Å². The van der Waals surface area contributed by atoms with E-state index in [1.807, 2.05) is 61.5 Å². The molecule has 0 saturated carbocycles. The number of nitriles is 1. The Balaban J connectivity index is 2.00. The molecule has 0 saturated heterocycles. The van der Waals surface area contributed by atoms with Gasteiger partial charge in [-0.2, -0.15) is 5.26 Å². The summed E-state index contributed by atoms with van der Waals surface area (Å²) < 4.78 is 0. The van der Waals surface area contributed by atoms with Gasteiger partial charge >= 0.3 is 0 Å². The molecular formula is C17H16N2O. The number of nitrogens with one attached hydrogen (secondary N) is 1. The first-order valence-corrected chi connectivity index (χ1v) is 6.50. The number of hydrogen-bond donors (Lipinski definition) is 1. The van der Waals surface area contributed by atoms with Crippen LogP contribution in [-0.2, 0) is 4.79 Å². The molecule has 2 rings (SSSR count). The SMILES string of the molecule is Cc1ccc(NC(=O)CC(C#N)c2ccccc2)cc1. The summed E-state index contributed by atoms with van der Waals surface area (Å²) in [4.78, 5) is 12.0. The van der Waals surface area contributed by atoms with Crippen LogP contribution in [0.3, 0.4) is 0 Å². The molecule has 2 aromatic carbocycles. The number of anilines is 1. The van der Waals surface area contributed by atoms with Crippen molar-refractivity contribution < 1.29 is 4.79 Å². The van der Waals surface area contributed by atoms with Gasteiger partial charge in [-0.3, -0.25) is 4.79 Å². The first kappa shape index (κ1) is 13.8. The lowest BCUT2D eigenvalue weighted by atomic mass is 9.97. The Kier molecular flexibility index (Phi) is 4.52. The van der Waals surface area contributed by atoms with E-state index in [4.69, 9.17) is 0 Å². The van der Waals surface area contributed by atoms with Crippen molar-refractivity contribution in [1.82, 2.24) is 0 Å². The minimum atomic E-state index is -0.415. The van der Waals surface area contributed by atoms with Crippen LogP contribution in [0.4, 0.5) is 5.69 Å². The highest BCUT2D eigenvalue weighted by Gasteiger charge is 2.15. The number of carbonyl (C=O) groups excluding carboxylic acids is 1. The summed E-state index contributed by atoms with van der Waals surface area (Å²) in [7, 11) is 0. The maximum atomic E-state index is 12.0. The Morgan fingerprint density at radius 2 is 1.80 bits per heavy atom. The lowest BCUT2D eigenvalue weighted by Gasteiger charge is -2.10. The van der Waals surface area contributed by atoms with Crippen LogP contribution in [0.5, 0.6) is 0 Å². The van der Waals surface area contributed by atoms with Gasteiger partial charge in [0.25, 0.3) is 0 Å². The van der Waals surface area contributed by atoms with Crippen molar-refractivity contribution in [3.8, 4) is 6.07 Å². The second-order valence-corrected chi connectivity index (χ2v) is 4.71. The molecule has 3 heteroatoms. The van der Waals surface area contributed by atoms with Crippen molar-refractivity contribution in [3.63, 3.8) is 0 Å². The van der Waals surface area contributed by atoms with Crippen molar-refractivity contribution in [1.29, 1.82) is 5.26 Å². The van der Waals surface area contributed by atoms with E-state index in [-0.39, 0.29) is 12.3 Å². The van der Waals surface area contributed by atoms with E-state index >= 15 is 0 Å². The molecule has 0 bridgehead atoms. The fourth-order valence-corrected chi connectivity index (χ4v) is 1.96. The third kappa shape index (κ3) is 3.69. The molecule has 1 N–H and O–H groups in total. The summed E-state index contributed by atoms with van der Waals surface area (Å²) in [5.41, 5.74) is 2.77. The van der Waals surface area contributed by atoms with E-state index in [0.29, 0.717) is 0 Å². The minimum Gasteiger partial charge on any atom is -0.326 e. The predicted molar refractivity (Wildman–Crippen MR) is 79.2 cm³/mol. The average molecular weight is 264 g/mol. The monoisotopic (exact) mass is 264 g/mol. The molecule has 0 fully saturated rings. The van der Waals surface area contributed by atoms with Gasteiger partial charge in [-0.15, -0.1) is 0 Å². The Labute approximate surface area is 118 Å². The van der Waals surface area contributed by atoms with Crippen LogP contribution in [0, 0.1) is 18.3 Å². The lowest BCUT2D eigenvalue weighted by Crippen LogP contribution is -2.15. The molecule has 3 nitrogen and oxygen atoms in total. The van der Waals surface area contributed by atoms with Crippen LogP contribution < -0.4 is 5.32 Å². The summed E-state index contributed by atoms with van der Waals surface area (Å²) in [6.45, 7) is 1.99. The molecule has 1 unspecified atom stereocenters. The van der Waals surface area contributed by atoms with Gasteiger partial charge in [-0.05, 0) is 24.6 Å². The molecule has 0 aromatic heterocycles. The molecule has 20 heavy (non-hydrogen) atoms. The molecule has 2 aromatic rings. The van der Waals surface area contributed by atoms with Crippen LogP contribution in [0.2, 0.25) is 0 Å². The van der Waals surface area contributed by atoms with Crippen molar-refractivity contribution in [2.45, 2.75) is 19.3 Å². The highest BCUT2D eigenvalue weighted by Crippen LogP contribution is 2.19. The second-order valence-electron chi connectivity index (χ2n) is 4.71. The fourth-order valence-electron chi connectivity index (χ4n) is 1.96. The van der Waals surface area contributed by atoms with Gasteiger partial charge in [0.05, 0.1) is 12.0 Å². The smallest absolute Gasteiger partial charge is 0.226 e. The summed E-state index contributed by atoms with van der Waals surface area (Å²) in [5.74, 6) is -0.564. The molecule has 1 amide bonds. The van der Waals surface area contributed by atoms with Gasteiger partial charge < -0.3 is 5.32 Å². The first-order chi connectivity index (χ1) is 9.69. The van der Waals surface area contributed by atoms with Gasteiger partial charge in [0.15, 0.2) is 0 Å². The zero-order valence-corrected chi connectivity index (χ0v) is 11.3. The Hall–Kier alpha value is -2.60. The number of aryl methyl sites for hydroxylation is 1. The van der Waals surface area contributed by atoms with E-state index in [0.717, 1.165) is 16.8 Å². The van der Waals surface area contributed by atoms with Crippen LogP contribution in [0.25, 0.3) is 0 Å². The van der Waals surface area contributed by atoms with E-state index < -0.39 is 5.92 Å². The van der Waals surface area contributed by atoms with E-state index in [1.54, 1.807) is 0 Å². The standard InChI is InChI=1S/C17H16N2O/c1-13-7-9-16(10-8-13)19-17(20)11-15(12-18)14-5-3-2-4-6-14/h2-10,15H,11H2,1H3,(H,19,20). The van der Waals surface area contributed by atoms with Gasteiger partial charge in [0.2, 0.25) is 5.91 Å². The van der Waals surface area contributed by atoms with E-state index in [1.165, 1.54) is 0 Å². The number of carbonyl (C=O) groups is 1. The van der Waals surface area contributed by atoms with Crippen LogP contribution in [0.1, 0.15) is 23.5 Å². The van der Waals surface area contributed by atoms with Gasteiger partial charge in [-0.1, -0.05) is 48.0 Å². The Morgan fingerprint density at radius 3 is 2.40 bits per heavy atom. The number of hydrogen-bond acceptors (Lipinski definition) is 2. The number of nitrogens with zero attached hydrogens (tertiary/aromatic N) is 1. The lowest BCUT2D eigenvalue weighted by molar-refractivity contribution is -0.116. The summed E-state index contributed by atoms with van der Waals surface area (Å²) in [5, 5.41) is 12.0. The van der Waals surface area contributed by atoms with E-state index in [2.05, 4.69) is 11.4 Å². The summed E-state index contributed by atoms with van der Waals surface area (Å²) in [6, 6.07) is 19.2. The Morgan fingerprint density at radius 1 is 1.15 bits per heavy atom. The molecule has 0 heterocycles. The van der Waals surface area contributed by atoms with Gasteiger partial charge in [-0.25, -0.2) is 0 Å². The van der Waals surface area contributed by atoms with Crippen molar-refractivity contribution in [2.75, 3.05) is 5.32 Å². The normalized spacial score (nSPS) is 11.4. The minimum absolute atomic E-state index is 0.149. The molecule has 0 radical (unpaired) electrons. The molecule has 0 aliphatic rings. The molecule has 0 aliphatic heterocycles. The van der Waals surface area contributed by atoms with Crippen molar-refractivity contribution >= 4 is 11.6 Å². The third-order valence-corrected chi connectivity index (χ3v) is 3.08. The summed E-state index contributed by atoms with van der Waals surface area (Å²) in [6.07, 6.45) is 0.161. The quantitative estimate of drug-likeness (QED) is 0.916. The molecule has 0 spiro atoms. The largest absolute Gasteiger partial charge is 0.326 e. The van der Waals surface area contributed by atoms with Crippen LogP contribution in [-0.4, -0.2) is 5.91 Å². The molecule has 1 atom stereocenters. The number of rotatable bonds is 4. The predicted octanol–water partition coefficient (Wildman–Crippen LogP) is 3.63. The zero-order chi connectivity index (χ0) is 14.4. The first-order valence-electron chi connectivity index (χ1n) is 6.50. The summed E-state index contributed by atoms with van der Waals surface area (Å²) >= 11 is 0. The highest BCUT2D eigenvalue weighted by molar-refractivity contribution is 5.91. The van der Waals surface area contributed by atoms with Crippen LogP contribution in [0.15, 0.2) is 54.6 Å². The highest BCUT2D eigenvalue weighted by atomic mass is 16.1. The van der Waals surface area contributed by atoms with Gasteiger partial charge in [0.1, 0.15) is 0 Å². The molecular weight excluding hydrogens is 248 g/mol. The van der Waals surface area contributed by atoms with E-state index in [9.17, 15) is 10.1 Å². The zero-order valence-electron chi connectivity index (χ0n) is 11.3. The fraction of sp³-hybridized carbons (Fsp3) is 0.176. The molecule has 100 valence electrons. The molecule has 0 aliphatic carbocycles. The van der Waals surface area contributed by atoms with Crippen molar-refractivity contribution in [3.05, 3.63) is 65.7 Å². The number of benzene rings is 2. The number of amides is 1. The van der Waals surface area contributed by atoms with Crippen LogP contribution >= 0.6 is 0 Å². The van der Waals surface area contributed by atoms with Crippen molar-refractivity contribution in [2.24, 2.45) is 0 Å². The maximum Gasteiger partial charge on any atom is 0.226 e. The maximum absolute atomic E-state index is 12.0. The van der Waals surface area contributed by atoms with Gasteiger partial charge in [0, 0.05) is 12.1 Å².